The second-order valence-corrected chi connectivity index (χ2v) is 5.36. The predicted octanol–water partition coefficient (Wildman–Crippen LogP) is 1.12. The summed E-state index contributed by atoms with van der Waals surface area (Å²) in [5.41, 5.74) is 0.661. The smallest absolute Gasteiger partial charge is 0.306 e. The van der Waals surface area contributed by atoms with E-state index in [0.717, 1.165) is 11.8 Å². The molecule has 0 bridgehead atoms. The van der Waals surface area contributed by atoms with Gasteiger partial charge < -0.3 is 14.6 Å². The lowest BCUT2D eigenvalue weighted by Crippen LogP contribution is -2.68. The molecule has 1 aliphatic heterocycles. The molecule has 0 saturated carbocycles. The van der Waals surface area contributed by atoms with Gasteiger partial charge in [-0.1, -0.05) is 37.3 Å². The molecule has 2 rings (SSSR count). The third kappa shape index (κ3) is 3.34. The summed E-state index contributed by atoms with van der Waals surface area (Å²) in [6.45, 7) is 3.95. The second-order valence-electron chi connectivity index (χ2n) is 5.36. The summed E-state index contributed by atoms with van der Waals surface area (Å²) in [7, 11) is 0. The highest BCUT2D eigenvalue weighted by Gasteiger charge is 2.58. The molecule has 0 aromatic heterocycles. The molecule has 1 heterocycles. The summed E-state index contributed by atoms with van der Waals surface area (Å²) >= 11 is 0. The van der Waals surface area contributed by atoms with E-state index in [-0.39, 0.29) is 6.42 Å². The van der Waals surface area contributed by atoms with Crippen LogP contribution in [0.25, 0.3) is 0 Å². The Morgan fingerprint density at radius 2 is 1.91 bits per heavy atom. The normalized spacial score (nSPS) is 22.8. The molecule has 3 atom stereocenters. The Kier molecular flexibility index (Phi) is 4.70. The van der Waals surface area contributed by atoms with Gasteiger partial charge >= 0.3 is 11.9 Å². The van der Waals surface area contributed by atoms with E-state index >= 15 is 0 Å². The molecule has 124 valence electrons. The molecule has 1 aromatic carbocycles. The summed E-state index contributed by atoms with van der Waals surface area (Å²) in [5.74, 6) is -4.00. The lowest BCUT2D eigenvalue weighted by Gasteiger charge is -2.51. The number of β-lactam (4-membered cyclic amide) rings is 1. The Bertz CT molecular complexity index is 612. The fourth-order valence-corrected chi connectivity index (χ4v) is 2.56. The van der Waals surface area contributed by atoms with Gasteiger partial charge in [0, 0.05) is 20.3 Å². The topological polar surface area (TPSA) is 93.1 Å². The summed E-state index contributed by atoms with van der Waals surface area (Å²) in [6.07, 6.45) is -0.919. The fourth-order valence-electron chi connectivity index (χ4n) is 2.56. The van der Waals surface area contributed by atoms with Crippen LogP contribution in [-0.2, 0) is 23.9 Å². The zero-order chi connectivity index (χ0) is 17.2. The van der Waals surface area contributed by atoms with Gasteiger partial charge in [0.15, 0.2) is 0 Å². The van der Waals surface area contributed by atoms with Crippen molar-refractivity contribution in [1.29, 1.82) is 0 Å². The van der Waals surface area contributed by atoms with E-state index < -0.39 is 35.9 Å². The molecule has 7 nitrogen and oxygen atoms in total. The van der Waals surface area contributed by atoms with Crippen molar-refractivity contribution in [3.8, 4) is 0 Å². The average Bonchev–Trinajstić information content (AvgIpc) is 2.48. The number of aliphatic hydroxyl groups is 1. The van der Waals surface area contributed by atoms with Crippen LogP contribution in [0.1, 0.15) is 38.8 Å². The Morgan fingerprint density at radius 3 is 2.43 bits per heavy atom. The Balaban J connectivity index is 2.33. The van der Waals surface area contributed by atoms with Gasteiger partial charge in [0.25, 0.3) is 11.8 Å². The summed E-state index contributed by atoms with van der Waals surface area (Å²) in [4.78, 5) is 36.0. The van der Waals surface area contributed by atoms with Gasteiger partial charge in [0.2, 0.25) is 6.10 Å². The molecule has 1 amide bonds. The first-order chi connectivity index (χ1) is 10.8. The molecular weight excluding hydrogens is 302 g/mol. The van der Waals surface area contributed by atoms with Crippen molar-refractivity contribution in [1.82, 2.24) is 4.90 Å². The van der Waals surface area contributed by atoms with Crippen molar-refractivity contribution >= 4 is 17.8 Å². The summed E-state index contributed by atoms with van der Waals surface area (Å²) in [5, 5.41) is 10.3. The highest BCUT2D eigenvalue weighted by molar-refractivity contribution is 5.91. The lowest BCUT2D eigenvalue weighted by molar-refractivity contribution is -0.297. The van der Waals surface area contributed by atoms with Crippen LogP contribution in [0.2, 0.25) is 0 Å². The largest absolute Gasteiger partial charge is 0.450 e. The quantitative estimate of drug-likeness (QED) is 0.496. The van der Waals surface area contributed by atoms with E-state index in [2.05, 4.69) is 0 Å². The number of hydrogen-bond donors (Lipinski definition) is 1. The first-order valence-corrected chi connectivity index (χ1v) is 7.27. The number of ether oxygens (including phenoxy) is 2. The number of likely N-dealkylation sites (tertiary alicyclic amines) is 1. The van der Waals surface area contributed by atoms with E-state index in [1.807, 2.05) is 0 Å². The van der Waals surface area contributed by atoms with Crippen LogP contribution >= 0.6 is 0 Å². The number of nitrogens with zero attached hydrogens (tertiary/aromatic N) is 1. The average molecular weight is 321 g/mol. The first kappa shape index (κ1) is 17.0. The molecule has 3 unspecified atom stereocenters. The highest BCUT2D eigenvalue weighted by atomic mass is 16.7. The van der Waals surface area contributed by atoms with Crippen LogP contribution in [0.15, 0.2) is 30.3 Å². The van der Waals surface area contributed by atoms with Crippen LogP contribution in [0, 0.1) is 0 Å². The minimum absolute atomic E-state index is 0.131. The maximum Gasteiger partial charge on any atom is 0.306 e. The molecule has 23 heavy (non-hydrogen) atoms. The molecular formula is C16H19NO6. The fraction of sp³-hybridized carbons (Fsp3) is 0.438. The molecule has 0 aliphatic carbocycles. The minimum Gasteiger partial charge on any atom is -0.450 e. The maximum atomic E-state index is 12.3. The zero-order valence-corrected chi connectivity index (χ0v) is 13.2. The third-order valence-electron chi connectivity index (χ3n) is 3.52. The summed E-state index contributed by atoms with van der Waals surface area (Å²) in [6, 6.07) is 8.06. The van der Waals surface area contributed by atoms with E-state index in [1.54, 1.807) is 37.3 Å². The molecule has 0 spiro atoms. The molecule has 1 aromatic rings. The van der Waals surface area contributed by atoms with Crippen LogP contribution < -0.4 is 0 Å². The Labute approximate surface area is 133 Å². The van der Waals surface area contributed by atoms with Crippen molar-refractivity contribution in [2.75, 3.05) is 0 Å². The van der Waals surface area contributed by atoms with Crippen molar-refractivity contribution in [2.24, 2.45) is 0 Å². The van der Waals surface area contributed by atoms with Crippen molar-refractivity contribution in [2.45, 2.75) is 45.2 Å². The van der Waals surface area contributed by atoms with Gasteiger partial charge in [0.1, 0.15) is 6.04 Å². The van der Waals surface area contributed by atoms with Gasteiger partial charge in [0.05, 0.1) is 0 Å². The SMILES string of the molecule is CCC(=O)OC1C(=O)N(C(C)(O)OC(C)=O)C1c1ccccc1. The van der Waals surface area contributed by atoms with Gasteiger partial charge in [-0.05, 0) is 5.56 Å². The number of carbonyl (C=O) groups excluding carboxylic acids is 3. The van der Waals surface area contributed by atoms with E-state index in [9.17, 15) is 19.5 Å². The minimum atomic E-state index is -2.13. The van der Waals surface area contributed by atoms with E-state index in [4.69, 9.17) is 9.47 Å². The van der Waals surface area contributed by atoms with Crippen LogP contribution in [-0.4, -0.2) is 39.9 Å². The number of esters is 2. The zero-order valence-electron chi connectivity index (χ0n) is 13.2. The molecule has 1 N–H and O–H groups in total. The van der Waals surface area contributed by atoms with E-state index in [1.165, 1.54) is 6.92 Å². The van der Waals surface area contributed by atoms with Gasteiger partial charge in [-0.3, -0.25) is 19.3 Å². The van der Waals surface area contributed by atoms with Crippen molar-refractivity contribution < 1.29 is 29.0 Å². The van der Waals surface area contributed by atoms with Crippen LogP contribution in [0.4, 0.5) is 0 Å². The molecule has 1 fully saturated rings. The molecule has 7 heteroatoms. The monoisotopic (exact) mass is 321 g/mol. The van der Waals surface area contributed by atoms with Crippen LogP contribution in [0.5, 0.6) is 0 Å². The van der Waals surface area contributed by atoms with E-state index in [0.29, 0.717) is 5.56 Å². The van der Waals surface area contributed by atoms with Gasteiger partial charge in [-0.15, -0.1) is 0 Å². The van der Waals surface area contributed by atoms with Crippen molar-refractivity contribution in [3.63, 3.8) is 0 Å². The number of amides is 1. The first-order valence-electron chi connectivity index (χ1n) is 7.27. The Hall–Kier alpha value is -2.41. The van der Waals surface area contributed by atoms with Gasteiger partial charge in [-0.2, -0.15) is 0 Å². The number of benzene rings is 1. The molecule has 1 aliphatic rings. The third-order valence-corrected chi connectivity index (χ3v) is 3.52. The van der Waals surface area contributed by atoms with Crippen molar-refractivity contribution in [3.05, 3.63) is 35.9 Å². The lowest BCUT2D eigenvalue weighted by atomic mass is 9.89. The maximum absolute atomic E-state index is 12.3. The van der Waals surface area contributed by atoms with Gasteiger partial charge in [-0.25, -0.2) is 0 Å². The number of carbonyl (C=O) groups is 3. The standard InChI is InChI=1S/C16H19NO6/c1-4-12(19)22-14-13(11-8-6-5-7-9-11)17(15(14)20)16(3,21)23-10(2)18/h5-9,13-14,21H,4H2,1-3H3. The number of hydrogen-bond acceptors (Lipinski definition) is 6. The predicted molar refractivity (Wildman–Crippen MR) is 78.6 cm³/mol. The number of rotatable bonds is 5. The van der Waals surface area contributed by atoms with Crippen LogP contribution in [0.3, 0.4) is 0 Å². The molecule has 1 saturated heterocycles. The highest BCUT2D eigenvalue weighted by Crippen LogP contribution is 2.42. The Morgan fingerprint density at radius 1 is 1.30 bits per heavy atom. The second kappa shape index (κ2) is 6.37. The molecule has 0 radical (unpaired) electrons. The summed E-state index contributed by atoms with van der Waals surface area (Å²) < 4.78 is 9.99.